The molecule has 0 amide bonds. The maximum Gasteiger partial charge on any atom is 0.434 e. The van der Waals surface area contributed by atoms with Crippen molar-refractivity contribution in [1.82, 2.24) is 4.98 Å². The second-order valence-electron chi connectivity index (χ2n) is 7.93. The van der Waals surface area contributed by atoms with E-state index in [1.807, 2.05) is 0 Å². The van der Waals surface area contributed by atoms with Crippen molar-refractivity contribution >= 4 is 10.9 Å². The molecule has 0 bridgehead atoms. The number of pyridine rings is 1. The molecule has 7 heteroatoms. The molecule has 0 unspecified atom stereocenters. The number of fused-ring (bicyclic) bond motifs is 1. The molecule has 0 saturated carbocycles. The third kappa shape index (κ3) is 4.25. The number of para-hydroxylation sites is 1. The summed E-state index contributed by atoms with van der Waals surface area (Å²) in [6.45, 7) is 0. The molecule has 0 N–H and O–H groups in total. The van der Waals surface area contributed by atoms with E-state index < -0.39 is 29.3 Å². The minimum Gasteiger partial charge on any atom is -0.242 e. The summed E-state index contributed by atoms with van der Waals surface area (Å²) < 4.78 is 84.2. The van der Waals surface area contributed by atoms with E-state index >= 15 is 0 Å². The van der Waals surface area contributed by atoms with Gasteiger partial charge in [-0.1, -0.05) is 54.6 Å². The van der Waals surface area contributed by atoms with Crippen LogP contribution in [0, 0.1) is 17.5 Å². The Labute approximate surface area is 196 Å². The van der Waals surface area contributed by atoms with E-state index in [1.54, 1.807) is 18.2 Å². The Bertz CT molecular complexity index is 1520. The molecule has 1 heterocycles. The molecule has 0 saturated heterocycles. The summed E-state index contributed by atoms with van der Waals surface area (Å²) in [5.41, 5.74) is 0.131. The summed E-state index contributed by atoms with van der Waals surface area (Å²) >= 11 is 0. The highest BCUT2D eigenvalue weighted by Gasteiger charge is 2.38. The first-order chi connectivity index (χ1) is 16.7. The van der Waals surface area contributed by atoms with E-state index in [0.29, 0.717) is 22.1 Å². The van der Waals surface area contributed by atoms with Gasteiger partial charge in [-0.15, -0.1) is 0 Å². The van der Waals surface area contributed by atoms with Crippen LogP contribution in [-0.2, 0) is 6.18 Å². The molecule has 0 radical (unpaired) electrons. The Morgan fingerprint density at radius 1 is 0.514 bits per heavy atom. The summed E-state index contributed by atoms with van der Waals surface area (Å²) in [7, 11) is 0. The van der Waals surface area contributed by atoms with E-state index in [-0.39, 0.29) is 22.2 Å². The normalized spacial score (nSPS) is 11.7. The van der Waals surface area contributed by atoms with Crippen molar-refractivity contribution in [2.45, 2.75) is 6.18 Å². The first-order valence-corrected chi connectivity index (χ1v) is 10.5. The summed E-state index contributed by atoms with van der Waals surface area (Å²) in [5, 5.41) is 0.380. The number of halogens is 6. The van der Waals surface area contributed by atoms with Crippen molar-refractivity contribution in [2.75, 3.05) is 0 Å². The minimum atomic E-state index is -4.86. The molecular weight excluding hydrogens is 464 g/mol. The van der Waals surface area contributed by atoms with Crippen molar-refractivity contribution < 1.29 is 26.3 Å². The van der Waals surface area contributed by atoms with Gasteiger partial charge in [-0.25, -0.2) is 18.2 Å². The lowest BCUT2D eigenvalue weighted by molar-refractivity contribution is -0.140. The van der Waals surface area contributed by atoms with Gasteiger partial charge in [0.1, 0.15) is 17.5 Å². The molecule has 1 nitrogen and oxygen atoms in total. The molecule has 35 heavy (non-hydrogen) atoms. The highest BCUT2D eigenvalue weighted by Crippen LogP contribution is 2.46. The van der Waals surface area contributed by atoms with Crippen LogP contribution in [0.3, 0.4) is 0 Å². The van der Waals surface area contributed by atoms with Crippen LogP contribution >= 0.6 is 0 Å². The van der Waals surface area contributed by atoms with Crippen LogP contribution in [0.15, 0.2) is 91.0 Å². The van der Waals surface area contributed by atoms with Gasteiger partial charge < -0.3 is 0 Å². The van der Waals surface area contributed by atoms with E-state index in [9.17, 15) is 26.3 Å². The van der Waals surface area contributed by atoms with Gasteiger partial charge in [-0.3, -0.25) is 0 Å². The van der Waals surface area contributed by atoms with E-state index in [1.165, 1.54) is 48.5 Å². The maximum absolute atomic E-state index is 14.4. The fourth-order valence-corrected chi connectivity index (χ4v) is 4.17. The standard InChI is InChI=1S/C28H15F6N/c29-19-10-4-16(5-11-19)22-2-1-3-23-24(17-6-12-20(30)13-7-17)25(18-8-14-21(31)15-9-18)27(28(32,33)34)35-26(22)23/h1-15H. The SMILES string of the molecule is Fc1ccc(-c2c(C(F)(F)F)nc3c(-c4ccc(F)cc4)cccc3c2-c2ccc(F)cc2)cc1. The predicted octanol–water partition coefficient (Wildman–Crippen LogP) is 8.67. The predicted molar refractivity (Wildman–Crippen MR) is 123 cm³/mol. The first-order valence-electron chi connectivity index (χ1n) is 10.5. The molecule has 1 aromatic heterocycles. The molecule has 0 fully saturated rings. The topological polar surface area (TPSA) is 12.9 Å². The maximum atomic E-state index is 14.4. The van der Waals surface area contributed by atoms with Crippen molar-refractivity contribution in [3.05, 3.63) is 114 Å². The molecular formula is C28H15F6N. The van der Waals surface area contributed by atoms with E-state index in [2.05, 4.69) is 4.98 Å². The Morgan fingerprint density at radius 3 is 1.46 bits per heavy atom. The summed E-state index contributed by atoms with van der Waals surface area (Å²) in [6.07, 6.45) is -4.86. The zero-order valence-electron chi connectivity index (χ0n) is 17.9. The number of nitrogens with zero attached hydrogens (tertiary/aromatic N) is 1. The van der Waals surface area contributed by atoms with E-state index in [4.69, 9.17) is 0 Å². The van der Waals surface area contributed by atoms with Gasteiger partial charge in [-0.2, -0.15) is 13.2 Å². The monoisotopic (exact) mass is 479 g/mol. The van der Waals surface area contributed by atoms with Crippen molar-refractivity contribution in [2.24, 2.45) is 0 Å². The van der Waals surface area contributed by atoms with Crippen LogP contribution in [0.4, 0.5) is 26.3 Å². The summed E-state index contributed by atoms with van der Waals surface area (Å²) in [6, 6.07) is 20.0. The third-order valence-corrected chi connectivity index (χ3v) is 5.71. The molecule has 0 aliphatic heterocycles. The third-order valence-electron chi connectivity index (χ3n) is 5.71. The van der Waals surface area contributed by atoms with Gasteiger partial charge >= 0.3 is 6.18 Å². The summed E-state index contributed by atoms with van der Waals surface area (Å²) in [5.74, 6) is -1.63. The molecule has 5 rings (SSSR count). The number of benzene rings is 4. The molecule has 174 valence electrons. The van der Waals surface area contributed by atoms with Crippen LogP contribution in [-0.4, -0.2) is 4.98 Å². The van der Waals surface area contributed by atoms with Crippen molar-refractivity contribution in [1.29, 1.82) is 0 Å². The van der Waals surface area contributed by atoms with Crippen molar-refractivity contribution in [3.8, 4) is 33.4 Å². The van der Waals surface area contributed by atoms with Crippen molar-refractivity contribution in [3.63, 3.8) is 0 Å². The fraction of sp³-hybridized carbons (Fsp3) is 0.0357. The number of alkyl halides is 3. The Morgan fingerprint density at radius 2 is 0.971 bits per heavy atom. The molecule has 0 aliphatic rings. The molecule has 0 spiro atoms. The largest absolute Gasteiger partial charge is 0.434 e. The lowest BCUT2D eigenvalue weighted by atomic mass is 9.88. The van der Waals surface area contributed by atoms with Crippen LogP contribution in [0.2, 0.25) is 0 Å². The summed E-state index contributed by atoms with van der Waals surface area (Å²) in [4.78, 5) is 4.06. The van der Waals surface area contributed by atoms with Gasteiger partial charge in [0.15, 0.2) is 5.69 Å². The van der Waals surface area contributed by atoms with Crippen LogP contribution in [0.1, 0.15) is 5.69 Å². The Kier molecular flexibility index (Phi) is 5.55. The van der Waals surface area contributed by atoms with Gasteiger partial charge in [0.25, 0.3) is 0 Å². The Hall–Kier alpha value is -4.13. The van der Waals surface area contributed by atoms with Gasteiger partial charge in [0.05, 0.1) is 5.52 Å². The lowest BCUT2D eigenvalue weighted by Gasteiger charge is -2.21. The van der Waals surface area contributed by atoms with Gasteiger partial charge in [0.2, 0.25) is 0 Å². The van der Waals surface area contributed by atoms with Gasteiger partial charge in [-0.05, 0) is 53.1 Å². The van der Waals surface area contributed by atoms with E-state index in [0.717, 1.165) is 24.3 Å². The molecule has 0 aliphatic carbocycles. The van der Waals surface area contributed by atoms with Gasteiger partial charge in [0, 0.05) is 22.1 Å². The second kappa shape index (κ2) is 8.58. The van der Waals surface area contributed by atoms with Crippen LogP contribution in [0.25, 0.3) is 44.3 Å². The smallest absolute Gasteiger partial charge is 0.242 e. The zero-order chi connectivity index (χ0) is 24.7. The number of hydrogen-bond donors (Lipinski definition) is 0. The first kappa shape index (κ1) is 22.7. The number of rotatable bonds is 3. The quantitative estimate of drug-likeness (QED) is 0.236. The van der Waals surface area contributed by atoms with Crippen LogP contribution < -0.4 is 0 Å². The van der Waals surface area contributed by atoms with Crippen LogP contribution in [0.5, 0.6) is 0 Å². The molecule has 5 aromatic rings. The average Bonchev–Trinajstić information content (AvgIpc) is 2.84. The average molecular weight is 479 g/mol. The number of hydrogen-bond acceptors (Lipinski definition) is 1. The Balaban J connectivity index is 1.95. The highest BCUT2D eigenvalue weighted by atomic mass is 19.4. The lowest BCUT2D eigenvalue weighted by Crippen LogP contribution is -2.12. The molecule has 0 atom stereocenters. The highest BCUT2D eigenvalue weighted by molar-refractivity contribution is 6.07. The minimum absolute atomic E-state index is 0.0524. The fourth-order valence-electron chi connectivity index (χ4n) is 4.17. The number of aromatic nitrogens is 1. The zero-order valence-corrected chi connectivity index (χ0v) is 17.9. The molecule has 4 aromatic carbocycles. The second-order valence-corrected chi connectivity index (χ2v) is 7.93.